The first kappa shape index (κ1) is 16.9. The molecule has 0 bridgehead atoms. The molecule has 0 aromatic heterocycles. The van der Waals surface area contributed by atoms with Crippen LogP contribution in [0.1, 0.15) is 26.2 Å². The van der Waals surface area contributed by atoms with E-state index in [0.717, 1.165) is 19.4 Å². The minimum absolute atomic E-state index is 0.0453. The zero-order valence-electron chi connectivity index (χ0n) is 11.9. The zero-order chi connectivity index (χ0) is 15.5. The van der Waals surface area contributed by atoms with Crippen molar-refractivity contribution in [1.29, 1.82) is 0 Å². The van der Waals surface area contributed by atoms with Gasteiger partial charge in [0.15, 0.2) is 5.75 Å². The van der Waals surface area contributed by atoms with E-state index in [1.165, 1.54) is 18.6 Å². The number of rotatable bonds is 5. The van der Waals surface area contributed by atoms with Gasteiger partial charge in [-0.1, -0.05) is 29.6 Å². The summed E-state index contributed by atoms with van der Waals surface area (Å²) >= 11 is 11.7. The van der Waals surface area contributed by atoms with Crippen LogP contribution in [0.5, 0.6) is 5.75 Å². The van der Waals surface area contributed by atoms with Crippen molar-refractivity contribution in [3.8, 4) is 5.75 Å². The summed E-state index contributed by atoms with van der Waals surface area (Å²) in [5.41, 5.74) is 0. The molecular weight excluding hydrogens is 333 g/mol. The van der Waals surface area contributed by atoms with Crippen LogP contribution in [0.2, 0.25) is 10.0 Å². The van der Waals surface area contributed by atoms with Crippen molar-refractivity contribution in [3.05, 3.63) is 28.2 Å². The molecule has 1 aromatic rings. The zero-order valence-corrected chi connectivity index (χ0v) is 14.2. The fourth-order valence-corrected chi connectivity index (χ4v) is 3.89. The second-order valence-corrected chi connectivity index (χ2v) is 7.83. The van der Waals surface area contributed by atoms with Crippen LogP contribution in [0, 0.1) is 0 Å². The van der Waals surface area contributed by atoms with Gasteiger partial charge in [0.05, 0.1) is 10.8 Å². The first-order valence-electron chi connectivity index (χ1n) is 6.99. The monoisotopic (exact) mass is 351 g/mol. The fourth-order valence-electron chi connectivity index (χ4n) is 2.44. The summed E-state index contributed by atoms with van der Waals surface area (Å²) in [7, 11) is -3.66. The Hall–Kier alpha value is -0.490. The standard InChI is InChI=1S/C14H19Cl2NO3S/c1-11-4-2-3-7-17(11)8-9-21(18,19)20-14-6-5-12(15)10-13(14)16/h5-6,10-11H,2-4,7-9H2,1H3/t11-/m0/s1. The first-order valence-corrected chi connectivity index (χ1v) is 9.32. The molecule has 0 radical (unpaired) electrons. The van der Waals surface area contributed by atoms with Crippen LogP contribution >= 0.6 is 23.2 Å². The molecule has 7 heteroatoms. The van der Waals surface area contributed by atoms with Crippen LogP contribution in [-0.2, 0) is 10.1 Å². The molecular formula is C14H19Cl2NO3S. The van der Waals surface area contributed by atoms with Crippen molar-refractivity contribution < 1.29 is 12.6 Å². The molecule has 1 atom stereocenters. The molecule has 1 fully saturated rings. The van der Waals surface area contributed by atoms with Crippen LogP contribution in [-0.4, -0.2) is 38.2 Å². The molecule has 1 saturated heterocycles. The highest BCUT2D eigenvalue weighted by Gasteiger charge is 2.22. The van der Waals surface area contributed by atoms with Gasteiger partial charge in [0.2, 0.25) is 0 Å². The fraction of sp³-hybridized carbons (Fsp3) is 0.571. The largest absolute Gasteiger partial charge is 0.381 e. The predicted molar refractivity (Wildman–Crippen MR) is 85.8 cm³/mol. The predicted octanol–water partition coefficient (Wildman–Crippen LogP) is 3.58. The SMILES string of the molecule is C[C@H]1CCCCN1CCS(=O)(=O)Oc1ccc(Cl)cc1Cl. The van der Waals surface area contributed by atoms with Crippen molar-refractivity contribution in [2.24, 2.45) is 0 Å². The van der Waals surface area contributed by atoms with E-state index in [-0.39, 0.29) is 16.5 Å². The van der Waals surface area contributed by atoms with E-state index in [1.807, 2.05) is 0 Å². The summed E-state index contributed by atoms with van der Waals surface area (Å²) in [5.74, 6) is 0.0730. The van der Waals surface area contributed by atoms with Gasteiger partial charge >= 0.3 is 10.1 Å². The number of benzene rings is 1. The Morgan fingerprint density at radius 2 is 2.10 bits per heavy atom. The van der Waals surface area contributed by atoms with Gasteiger partial charge in [-0.15, -0.1) is 0 Å². The summed E-state index contributed by atoms with van der Waals surface area (Å²) in [6, 6.07) is 4.89. The number of piperidine rings is 1. The second-order valence-electron chi connectivity index (χ2n) is 5.30. The summed E-state index contributed by atoms with van der Waals surface area (Å²) in [5, 5.41) is 0.629. The molecule has 0 aliphatic carbocycles. The van der Waals surface area contributed by atoms with Gasteiger partial charge in [0.25, 0.3) is 0 Å². The molecule has 1 aliphatic rings. The van der Waals surface area contributed by atoms with E-state index in [4.69, 9.17) is 27.4 Å². The van der Waals surface area contributed by atoms with Gasteiger partial charge in [0.1, 0.15) is 0 Å². The van der Waals surface area contributed by atoms with Gasteiger partial charge in [-0.3, -0.25) is 4.90 Å². The minimum Gasteiger partial charge on any atom is -0.381 e. The normalized spacial score (nSPS) is 20.4. The second kappa shape index (κ2) is 7.18. The molecule has 0 unspecified atom stereocenters. The number of hydrogen-bond acceptors (Lipinski definition) is 4. The summed E-state index contributed by atoms with van der Waals surface area (Å²) in [6.07, 6.45) is 3.44. The van der Waals surface area contributed by atoms with Gasteiger partial charge in [-0.25, -0.2) is 0 Å². The lowest BCUT2D eigenvalue weighted by molar-refractivity contribution is 0.170. The topological polar surface area (TPSA) is 46.6 Å². The Morgan fingerprint density at radius 1 is 1.33 bits per heavy atom. The number of halogens is 2. The summed E-state index contributed by atoms with van der Waals surface area (Å²) < 4.78 is 29.2. The maximum absolute atomic E-state index is 12.0. The minimum atomic E-state index is -3.66. The number of hydrogen-bond donors (Lipinski definition) is 0. The van der Waals surface area contributed by atoms with Gasteiger partial charge in [0, 0.05) is 17.6 Å². The Bertz CT molecular complexity index is 592. The average molecular weight is 352 g/mol. The van der Waals surface area contributed by atoms with Gasteiger partial charge in [-0.05, 0) is 44.5 Å². The van der Waals surface area contributed by atoms with E-state index in [0.29, 0.717) is 17.6 Å². The van der Waals surface area contributed by atoms with Crippen molar-refractivity contribution in [2.45, 2.75) is 32.2 Å². The lowest BCUT2D eigenvalue weighted by Gasteiger charge is -2.32. The van der Waals surface area contributed by atoms with Crippen molar-refractivity contribution >= 4 is 33.3 Å². The first-order chi connectivity index (χ1) is 9.87. The van der Waals surface area contributed by atoms with Crippen LogP contribution in [0.15, 0.2) is 18.2 Å². The highest BCUT2D eigenvalue weighted by atomic mass is 35.5. The molecule has 0 amide bonds. The quantitative estimate of drug-likeness (QED) is 0.760. The Kier molecular flexibility index (Phi) is 5.77. The van der Waals surface area contributed by atoms with Crippen LogP contribution in [0.4, 0.5) is 0 Å². The van der Waals surface area contributed by atoms with Crippen LogP contribution in [0.3, 0.4) is 0 Å². The molecule has 21 heavy (non-hydrogen) atoms. The number of likely N-dealkylation sites (tertiary alicyclic amines) is 1. The van der Waals surface area contributed by atoms with Crippen LogP contribution < -0.4 is 4.18 Å². The maximum Gasteiger partial charge on any atom is 0.310 e. The molecule has 1 aliphatic heterocycles. The molecule has 2 rings (SSSR count). The summed E-state index contributed by atoms with van der Waals surface area (Å²) in [6.45, 7) is 3.55. The number of nitrogens with zero attached hydrogens (tertiary/aromatic N) is 1. The third-order valence-electron chi connectivity index (χ3n) is 3.68. The van der Waals surface area contributed by atoms with Gasteiger partial charge in [-0.2, -0.15) is 8.42 Å². The van der Waals surface area contributed by atoms with Gasteiger partial charge < -0.3 is 4.18 Å². The highest BCUT2D eigenvalue weighted by molar-refractivity contribution is 7.87. The molecule has 4 nitrogen and oxygen atoms in total. The lowest BCUT2D eigenvalue weighted by Crippen LogP contribution is -2.40. The van der Waals surface area contributed by atoms with E-state index in [2.05, 4.69) is 11.8 Å². The highest BCUT2D eigenvalue weighted by Crippen LogP contribution is 2.28. The Labute approximate surface area is 136 Å². The van der Waals surface area contributed by atoms with Crippen molar-refractivity contribution in [2.75, 3.05) is 18.8 Å². The molecule has 0 saturated carbocycles. The third-order valence-corrected chi connectivity index (χ3v) is 5.33. The van der Waals surface area contributed by atoms with Crippen molar-refractivity contribution in [1.82, 2.24) is 4.90 Å². The third kappa shape index (κ3) is 5.02. The average Bonchev–Trinajstić information content (AvgIpc) is 2.41. The molecule has 1 heterocycles. The lowest BCUT2D eigenvalue weighted by atomic mass is 10.0. The Morgan fingerprint density at radius 3 is 2.76 bits per heavy atom. The smallest absolute Gasteiger partial charge is 0.310 e. The van der Waals surface area contributed by atoms with Crippen LogP contribution in [0.25, 0.3) is 0 Å². The van der Waals surface area contributed by atoms with E-state index in [1.54, 1.807) is 6.07 Å². The van der Waals surface area contributed by atoms with E-state index >= 15 is 0 Å². The van der Waals surface area contributed by atoms with E-state index in [9.17, 15) is 8.42 Å². The van der Waals surface area contributed by atoms with Crippen molar-refractivity contribution in [3.63, 3.8) is 0 Å². The molecule has 1 aromatic carbocycles. The maximum atomic E-state index is 12.0. The summed E-state index contributed by atoms with van der Waals surface area (Å²) in [4.78, 5) is 2.19. The molecule has 0 N–H and O–H groups in total. The molecule has 118 valence electrons. The molecule has 0 spiro atoms. The van der Waals surface area contributed by atoms with E-state index < -0.39 is 10.1 Å². The Balaban J connectivity index is 1.95.